The smallest absolute Gasteiger partial charge is 0.338 e. The maximum atomic E-state index is 13.8. The Morgan fingerprint density at radius 3 is 1.89 bits per heavy atom. The predicted octanol–water partition coefficient (Wildman–Crippen LogP) is 5.76. The van der Waals surface area contributed by atoms with E-state index >= 15 is 0 Å². The molecule has 0 bridgehead atoms. The van der Waals surface area contributed by atoms with Crippen LogP contribution in [0.5, 0.6) is 0 Å². The van der Waals surface area contributed by atoms with E-state index in [0.717, 1.165) is 16.7 Å². The van der Waals surface area contributed by atoms with Crippen LogP contribution < -0.4 is 5.32 Å². The van der Waals surface area contributed by atoms with Crippen molar-refractivity contribution < 1.29 is 19.4 Å². The van der Waals surface area contributed by atoms with E-state index in [4.69, 9.17) is 4.74 Å². The third kappa shape index (κ3) is 5.30. The quantitative estimate of drug-likeness (QED) is 0.410. The summed E-state index contributed by atoms with van der Waals surface area (Å²) in [5.41, 5.74) is 1.29. The van der Waals surface area contributed by atoms with Crippen molar-refractivity contribution >= 4 is 17.6 Å². The lowest BCUT2D eigenvalue weighted by Crippen LogP contribution is -2.50. The summed E-state index contributed by atoms with van der Waals surface area (Å²) < 4.78 is 5.08. The van der Waals surface area contributed by atoms with Gasteiger partial charge in [0.1, 0.15) is 12.2 Å². The summed E-state index contributed by atoms with van der Waals surface area (Å²) in [5.74, 6) is -0.820. The van der Waals surface area contributed by atoms with E-state index in [2.05, 4.69) is 33.0 Å². The number of esters is 1. The van der Waals surface area contributed by atoms with Gasteiger partial charge < -0.3 is 15.2 Å². The number of benzene rings is 3. The minimum absolute atomic E-state index is 0.185. The van der Waals surface area contributed by atoms with Crippen LogP contribution in [0.3, 0.4) is 0 Å². The number of hydrogen-bond acceptors (Lipinski definition) is 4. The molecule has 1 aliphatic heterocycles. The Hall–Kier alpha value is -3.44. The van der Waals surface area contributed by atoms with Gasteiger partial charge in [-0.05, 0) is 53.0 Å². The van der Waals surface area contributed by atoms with Gasteiger partial charge in [-0.25, -0.2) is 4.79 Å². The SMILES string of the molecule is CC(C)(CC(O)(CC(C)(C)c1ccccc1)C(=O)Nc1ccc2c(c1)COC2=O)c1ccccc1. The first kappa shape index (κ1) is 24.7. The molecular weight excluding hydrogens is 438 g/mol. The van der Waals surface area contributed by atoms with Gasteiger partial charge in [-0.1, -0.05) is 88.4 Å². The molecular formula is C30H33NO4. The number of rotatable bonds is 8. The number of amides is 1. The Bertz CT molecular complexity index is 1160. The minimum Gasteiger partial charge on any atom is -0.457 e. The summed E-state index contributed by atoms with van der Waals surface area (Å²) in [6.45, 7) is 8.38. The van der Waals surface area contributed by atoms with Gasteiger partial charge in [0.2, 0.25) is 0 Å². The monoisotopic (exact) mass is 471 g/mol. The molecule has 2 N–H and O–H groups in total. The Morgan fingerprint density at radius 2 is 1.37 bits per heavy atom. The van der Waals surface area contributed by atoms with Crippen molar-refractivity contribution in [2.24, 2.45) is 0 Å². The molecule has 182 valence electrons. The number of cyclic esters (lactones) is 1. The van der Waals surface area contributed by atoms with E-state index in [-0.39, 0.29) is 25.4 Å². The van der Waals surface area contributed by atoms with E-state index in [1.54, 1.807) is 18.2 Å². The zero-order valence-corrected chi connectivity index (χ0v) is 20.8. The van der Waals surface area contributed by atoms with Gasteiger partial charge >= 0.3 is 5.97 Å². The molecule has 0 spiro atoms. The average molecular weight is 472 g/mol. The molecule has 1 amide bonds. The van der Waals surface area contributed by atoms with E-state index in [9.17, 15) is 14.7 Å². The fraction of sp³-hybridized carbons (Fsp3) is 0.333. The standard InChI is InChI=1S/C30H33NO4/c1-28(2,22-11-7-5-8-12-22)19-30(34,20-29(3,4)23-13-9-6-10-14-23)27(33)31-24-15-16-25-21(17-24)18-35-26(25)32/h5-17,34H,18-20H2,1-4H3,(H,31,33). The second-order valence-electron chi connectivity index (χ2n) is 10.8. The van der Waals surface area contributed by atoms with E-state index in [1.807, 2.05) is 60.7 Å². The third-order valence-corrected chi connectivity index (χ3v) is 6.94. The second kappa shape index (κ2) is 9.31. The molecule has 35 heavy (non-hydrogen) atoms. The van der Waals surface area contributed by atoms with Crippen LogP contribution >= 0.6 is 0 Å². The number of hydrogen-bond donors (Lipinski definition) is 2. The Morgan fingerprint density at radius 1 is 0.857 bits per heavy atom. The Kier molecular flexibility index (Phi) is 6.56. The largest absolute Gasteiger partial charge is 0.457 e. The molecule has 0 saturated heterocycles. The lowest BCUT2D eigenvalue weighted by atomic mass is 9.68. The van der Waals surface area contributed by atoms with Crippen molar-refractivity contribution in [3.8, 4) is 0 Å². The van der Waals surface area contributed by atoms with Crippen molar-refractivity contribution in [2.45, 2.75) is 63.6 Å². The van der Waals surface area contributed by atoms with Gasteiger partial charge in [-0.3, -0.25) is 4.79 Å². The molecule has 1 heterocycles. The number of anilines is 1. The molecule has 4 rings (SSSR count). The molecule has 3 aromatic carbocycles. The molecule has 0 atom stereocenters. The maximum Gasteiger partial charge on any atom is 0.338 e. The highest BCUT2D eigenvalue weighted by Crippen LogP contribution is 2.40. The molecule has 5 heteroatoms. The molecule has 0 saturated carbocycles. The van der Waals surface area contributed by atoms with Crippen LogP contribution in [0.4, 0.5) is 5.69 Å². The third-order valence-electron chi connectivity index (χ3n) is 6.94. The van der Waals surface area contributed by atoms with Crippen LogP contribution in [0.1, 0.15) is 67.6 Å². The van der Waals surface area contributed by atoms with Gasteiger partial charge in [0.15, 0.2) is 0 Å². The summed E-state index contributed by atoms with van der Waals surface area (Å²) in [7, 11) is 0. The lowest BCUT2D eigenvalue weighted by Gasteiger charge is -2.40. The fourth-order valence-corrected chi connectivity index (χ4v) is 5.13. The zero-order chi connectivity index (χ0) is 25.3. The molecule has 0 fully saturated rings. The zero-order valence-electron chi connectivity index (χ0n) is 20.8. The fourth-order valence-electron chi connectivity index (χ4n) is 5.13. The number of aliphatic hydroxyl groups is 1. The van der Waals surface area contributed by atoms with E-state index in [1.165, 1.54) is 0 Å². The summed E-state index contributed by atoms with van der Waals surface area (Å²) in [6, 6.07) is 25.0. The number of nitrogens with one attached hydrogen (secondary N) is 1. The van der Waals surface area contributed by atoms with Crippen LogP contribution in [0.15, 0.2) is 78.9 Å². The highest BCUT2D eigenvalue weighted by molar-refractivity contribution is 5.99. The average Bonchev–Trinajstić information content (AvgIpc) is 3.19. The van der Waals surface area contributed by atoms with Crippen LogP contribution in [0.25, 0.3) is 0 Å². The van der Waals surface area contributed by atoms with Crippen LogP contribution in [0, 0.1) is 0 Å². The van der Waals surface area contributed by atoms with Crippen molar-refractivity contribution in [2.75, 3.05) is 5.32 Å². The molecule has 0 aliphatic carbocycles. The summed E-state index contributed by atoms with van der Waals surface area (Å²) in [5, 5.41) is 15.0. The molecule has 0 radical (unpaired) electrons. The highest BCUT2D eigenvalue weighted by Gasteiger charge is 2.45. The highest BCUT2D eigenvalue weighted by atomic mass is 16.5. The maximum absolute atomic E-state index is 13.8. The topological polar surface area (TPSA) is 75.6 Å². The van der Waals surface area contributed by atoms with Crippen LogP contribution in [-0.4, -0.2) is 22.6 Å². The number of ether oxygens (including phenoxy) is 1. The van der Waals surface area contributed by atoms with Crippen molar-refractivity contribution in [3.63, 3.8) is 0 Å². The first-order valence-corrected chi connectivity index (χ1v) is 12.0. The molecule has 0 unspecified atom stereocenters. The van der Waals surface area contributed by atoms with Gasteiger partial charge in [-0.2, -0.15) is 0 Å². The predicted molar refractivity (Wildman–Crippen MR) is 137 cm³/mol. The summed E-state index contributed by atoms with van der Waals surface area (Å²) in [6.07, 6.45) is 0.470. The molecule has 0 aromatic heterocycles. The molecule has 1 aliphatic rings. The number of fused-ring (bicyclic) bond motifs is 1. The summed E-state index contributed by atoms with van der Waals surface area (Å²) >= 11 is 0. The minimum atomic E-state index is -1.66. The van der Waals surface area contributed by atoms with Crippen LogP contribution in [0.2, 0.25) is 0 Å². The molecule has 5 nitrogen and oxygen atoms in total. The first-order chi connectivity index (χ1) is 16.5. The summed E-state index contributed by atoms with van der Waals surface area (Å²) in [4.78, 5) is 25.5. The number of carbonyl (C=O) groups excluding carboxylic acids is 2. The van der Waals surface area contributed by atoms with Gasteiger partial charge in [0.25, 0.3) is 5.91 Å². The second-order valence-corrected chi connectivity index (χ2v) is 10.8. The Labute approximate surface area is 207 Å². The normalized spacial score (nSPS) is 13.8. The van der Waals surface area contributed by atoms with Crippen molar-refractivity contribution in [3.05, 3.63) is 101 Å². The van der Waals surface area contributed by atoms with Gasteiger partial charge in [0.05, 0.1) is 5.56 Å². The van der Waals surface area contributed by atoms with E-state index < -0.39 is 22.3 Å². The van der Waals surface area contributed by atoms with Gasteiger partial charge in [-0.15, -0.1) is 0 Å². The van der Waals surface area contributed by atoms with Crippen LogP contribution in [-0.2, 0) is 27.0 Å². The van der Waals surface area contributed by atoms with Gasteiger partial charge in [0, 0.05) is 11.3 Å². The van der Waals surface area contributed by atoms with Crippen molar-refractivity contribution in [1.82, 2.24) is 0 Å². The Balaban J connectivity index is 1.66. The van der Waals surface area contributed by atoms with E-state index in [0.29, 0.717) is 11.3 Å². The lowest BCUT2D eigenvalue weighted by molar-refractivity contribution is -0.138. The number of carbonyl (C=O) groups is 2. The first-order valence-electron chi connectivity index (χ1n) is 12.0. The van der Waals surface area contributed by atoms with Crippen molar-refractivity contribution in [1.29, 1.82) is 0 Å². The molecule has 3 aromatic rings.